The van der Waals surface area contributed by atoms with E-state index in [1.807, 2.05) is 47.4 Å². The average Bonchev–Trinajstić information content (AvgIpc) is 2.54. The molecule has 1 aliphatic rings. The third-order valence-corrected chi connectivity index (χ3v) is 3.89. The van der Waals surface area contributed by atoms with Gasteiger partial charge in [-0.25, -0.2) is 0 Å². The number of nitrogens with zero attached hydrogens (tertiary/aromatic N) is 2. The Bertz CT molecular complexity index is 627. The van der Waals surface area contributed by atoms with Crippen LogP contribution in [0.15, 0.2) is 48.7 Å². The molecule has 0 saturated carbocycles. The molecule has 21 heavy (non-hydrogen) atoms. The maximum Gasteiger partial charge on any atom is 0.240 e. The third-order valence-electron chi connectivity index (χ3n) is 3.89. The molecule has 0 aliphatic carbocycles. The van der Waals surface area contributed by atoms with E-state index in [4.69, 9.17) is 5.73 Å². The number of aromatic nitrogens is 1. The van der Waals surface area contributed by atoms with Crippen molar-refractivity contribution >= 4 is 5.91 Å². The topological polar surface area (TPSA) is 59.2 Å². The van der Waals surface area contributed by atoms with Gasteiger partial charge in [0.05, 0.1) is 6.04 Å². The summed E-state index contributed by atoms with van der Waals surface area (Å²) in [6, 6.07) is 13.4. The first-order valence-corrected chi connectivity index (χ1v) is 7.25. The Balaban J connectivity index is 1.66. The van der Waals surface area contributed by atoms with Gasteiger partial charge >= 0.3 is 0 Å². The van der Waals surface area contributed by atoms with E-state index in [1.54, 1.807) is 6.20 Å². The SMILES string of the molecule is NC(Cc1ccccc1)C(=O)N1CCc2ncccc2C1. The molecule has 0 fully saturated rings. The summed E-state index contributed by atoms with van der Waals surface area (Å²) in [6.45, 7) is 1.32. The van der Waals surface area contributed by atoms with E-state index in [-0.39, 0.29) is 5.91 Å². The highest BCUT2D eigenvalue weighted by molar-refractivity contribution is 5.82. The third kappa shape index (κ3) is 3.11. The van der Waals surface area contributed by atoms with Crippen LogP contribution in [0.2, 0.25) is 0 Å². The van der Waals surface area contributed by atoms with Crippen LogP contribution in [0.3, 0.4) is 0 Å². The minimum atomic E-state index is -0.481. The molecule has 0 spiro atoms. The van der Waals surface area contributed by atoms with Gasteiger partial charge in [0.1, 0.15) is 0 Å². The summed E-state index contributed by atoms with van der Waals surface area (Å²) >= 11 is 0. The number of hydrogen-bond donors (Lipinski definition) is 1. The average molecular weight is 281 g/mol. The second-order valence-corrected chi connectivity index (χ2v) is 5.42. The largest absolute Gasteiger partial charge is 0.337 e. The van der Waals surface area contributed by atoms with Crippen LogP contribution >= 0.6 is 0 Å². The lowest BCUT2D eigenvalue weighted by Crippen LogP contribution is -2.46. The van der Waals surface area contributed by atoms with Crippen molar-refractivity contribution in [3.05, 3.63) is 65.5 Å². The highest BCUT2D eigenvalue weighted by Gasteiger charge is 2.25. The lowest BCUT2D eigenvalue weighted by Gasteiger charge is -2.30. The van der Waals surface area contributed by atoms with E-state index in [0.29, 0.717) is 19.5 Å². The molecule has 1 aromatic heterocycles. The standard InChI is InChI=1S/C17H19N3O/c18-15(11-13-5-2-1-3-6-13)17(21)20-10-8-16-14(12-20)7-4-9-19-16/h1-7,9,15H,8,10-12,18H2. The minimum Gasteiger partial charge on any atom is -0.337 e. The molecule has 108 valence electrons. The Morgan fingerprint density at radius 3 is 2.86 bits per heavy atom. The Kier molecular flexibility index (Phi) is 3.97. The van der Waals surface area contributed by atoms with Crippen molar-refractivity contribution in [3.8, 4) is 0 Å². The quantitative estimate of drug-likeness (QED) is 0.928. The summed E-state index contributed by atoms with van der Waals surface area (Å²) in [5.74, 6) is 0.0216. The van der Waals surface area contributed by atoms with Gasteiger partial charge in [-0.2, -0.15) is 0 Å². The fourth-order valence-electron chi connectivity index (χ4n) is 2.74. The Hall–Kier alpha value is -2.20. The molecule has 2 N–H and O–H groups in total. The van der Waals surface area contributed by atoms with Crippen LogP contribution in [-0.2, 0) is 24.2 Å². The Labute approximate surface area is 124 Å². The smallest absolute Gasteiger partial charge is 0.240 e. The number of benzene rings is 1. The molecule has 1 atom stereocenters. The van der Waals surface area contributed by atoms with E-state index in [9.17, 15) is 4.79 Å². The number of amides is 1. The number of carbonyl (C=O) groups excluding carboxylic acids is 1. The summed E-state index contributed by atoms with van der Waals surface area (Å²) in [6.07, 6.45) is 3.19. The summed E-state index contributed by atoms with van der Waals surface area (Å²) < 4.78 is 0. The zero-order valence-corrected chi connectivity index (χ0v) is 11.9. The number of rotatable bonds is 3. The van der Waals surface area contributed by atoms with Gasteiger partial charge in [-0.1, -0.05) is 36.4 Å². The molecule has 2 heterocycles. The van der Waals surface area contributed by atoms with Crippen LogP contribution < -0.4 is 5.73 Å². The molecule has 1 unspecified atom stereocenters. The van der Waals surface area contributed by atoms with Gasteiger partial charge in [-0.3, -0.25) is 9.78 Å². The minimum absolute atomic E-state index is 0.0216. The molecule has 1 aliphatic heterocycles. The molecular formula is C17H19N3O. The lowest BCUT2D eigenvalue weighted by molar-refractivity contribution is -0.133. The zero-order chi connectivity index (χ0) is 14.7. The second-order valence-electron chi connectivity index (χ2n) is 5.42. The monoisotopic (exact) mass is 281 g/mol. The van der Waals surface area contributed by atoms with Crippen LogP contribution in [0.1, 0.15) is 16.8 Å². The maximum atomic E-state index is 12.5. The number of pyridine rings is 1. The van der Waals surface area contributed by atoms with Crippen LogP contribution in [0.4, 0.5) is 0 Å². The summed E-state index contributed by atoms with van der Waals surface area (Å²) in [7, 11) is 0. The predicted octanol–water partition coefficient (Wildman–Crippen LogP) is 1.54. The Morgan fingerprint density at radius 1 is 1.24 bits per heavy atom. The van der Waals surface area contributed by atoms with Crippen molar-refractivity contribution in [3.63, 3.8) is 0 Å². The van der Waals surface area contributed by atoms with Gasteiger partial charge in [0, 0.05) is 31.4 Å². The first-order valence-electron chi connectivity index (χ1n) is 7.25. The van der Waals surface area contributed by atoms with Gasteiger partial charge in [0.25, 0.3) is 0 Å². The van der Waals surface area contributed by atoms with Gasteiger partial charge in [-0.05, 0) is 23.6 Å². The van der Waals surface area contributed by atoms with Crippen molar-refractivity contribution in [2.75, 3.05) is 6.54 Å². The number of fused-ring (bicyclic) bond motifs is 1. The highest BCUT2D eigenvalue weighted by Crippen LogP contribution is 2.17. The molecule has 0 saturated heterocycles. The van der Waals surface area contributed by atoms with Crippen LogP contribution in [0, 0.1) is 0 Å². The lowest BCUT2D eigenvalue weighted by atomic mass is 10.0. The normalized spacial score (nSPS) is 15.4. The van der Waals surface area contributed by atoms with E-state index in [0.717, 1.165) is 23.2 Å². The molecular weight excluding hydrogens is 262 g/mol. The van der Waals surface area contributed by atoms with E-state index >= 15 is 0 Å². The van der Waals surface area contributed by atoms with Crippen LogP contribution in [0.5, 0.6) is 0 Å². The van der Waals surface area contributed by atoms with Crippen molar-refractivity contribution in [2.45, 2.75) is 25.4 Å². The summed E-state index contributed by atoms with van der Waals surface area (Å²) in [5, 5.41) is 0. The fraction of sp³-hybridized carbons (Fsp3) is 0.294. The zero-order valence-electron chi connectivity index (χ0n) is 11.9. The summed E-state index contributed by atoms with van der Waals surface area (Å²) in [5.41, 5.74) is 9.41. The van der Waals surface area contributed by atoms with Crippen molar-refractivity contribution in [1.29, 1.82) is 0 Å². The molecule has 0 radical (unpaired) electrons. The van der Waals surface area contributed by atoms with Gasteiger partial charge in [0.15, 0.2) is 0 Å². The maximum absolute atomic E-state index is 12.5. The summed E-state index contributed by atoms with van der Waals surface area (Å²) in [4.78, 5) is 18.7. The number of nitrogens with two attached hydrogens (primary N) is 1. The van der Waals surface area contributed by atoms with E-state index in [1.165, 1.54) is 0 Å². The number of hydrogen-bond acceptors (Lipinski definition) is 3. The Morgan fingerprint density at radius 2 is 2.05 bits per heavy atom. The first kappa shape index (κ1) is 13.8. The number of carbonyl (C=O) groups is 1. The second kappa shape index (κ2) is 6.06. The van der Waals surface area contributed by atoms with Crippen molar-refractivity contribution < 1.29 is 4.79 Å². The van der Waals surface area contributed by atoms with Crippen molar-refractivity contribution in [2.24, 2.45) is 5.73 Å². The van der Waals surface area contributed by atoms with Crippen molar-refractivity contribution in [1.82, 2.24) is 9.88 Å². The van der Waals surface area contributed by atoms with Gasteiger partial charge in [0.2, 0.25) is 5.91 Å². The molecule has 0 bridgehead atoms. The molecule has 4 heteroatoms. The first-order chi connectivity index (χ1) is 10.2. The van der Waals surface area contributed by atoms with Gasteiger partial charge < -0.3 is 10.6 Å². The van der Waals surface area contributed by atoms with Gasteiger partial charge in [-0.15, -0.1) is 0 Å². The van der Waals surface area contributed by atoms with Crippen LogP contribution in [0.25, 0.3) is 0 Å². The molecule has 4 nitrogen and oxygen atoms in total. The highest BCUT2D eigenvalue weighted by atomic mass is 16.2. The molecule has 1 amide bonds. The van der Waals surface area contributed by atoms with E-state index in [2.05, 4.69) is 4.98 Å². The predicted molar refractivity (Wildman–Crippen MR) is 81.5 cm³/mol. The molecule has 2 aromatic rings. The van der Waals surface area contributed by atoms with E-state index < -0.39 is 6.04 Å². The van der Waals surface area contributed by atoms with Crippen LogP contribution in [-0.4, -0.2) is 28.4 Å². The fourth-order valence-corrected chi connectivity index (χ4v) is 2.74. The molecule has 3 rings (SSSR count). The molecule has 1 aromatic carbocycles.